The van der Waals surface area contributed by atoms with E-state index in [1.54, 1.807) is 48.5 Å². The molecule has 3 nitrogen and oxygen atoms in total. The standard InChI is InChI=1S/C27H14O3/c28-25-18-9-3-4-10-19(18)27(30)24-21(25)13-6-14-22(24)26(29)20-12-5-11-17-15-7-1-2-8-16(15)23(17)20/h1-14H. The van der Waals surface area contributed by atoms with E-state index in [1.165, 1.54) is 0 Å². The SMILES string of the molecule is O=C1c2ccccc2C(=O)c2c1cccc2C(=O)c1cccc2c1=c1ccccc1=2. The number of hydrogen-bond donors (Lipinski definition) is 0. The van der Waals surface area contributed by atoms with Crippen LogP contribution in [0.25, 0.3) is 0 Å². The summed E-state index contributed by atoms with van der Waals surface area (Å²) in [4.78, 5) is 39.9. The Hall–Kier alpha value is -4.11. The zero-order valence-corrected chi connectivity index (χ0v) is 15.8. The zero-order chi connectivity index (χ0) is 20.4. The van der Waals surface area contributed by atoms with Crippen LogP contribution in [-0.4, -0.2) is 17.3 Å². The first kappa shape index (κ1) is 16.8. The van der Waals surface area contributed by atoms with Gasteiger partial charge >= 0.3 is 0 Å². The van der Waals surface area contributed by atoms with Gasteiger partial charge < -0.3 is 0 Å². The summed E-state index contributed by atoms with van der Waals surface area (Å²) in [6.45, 7) is 0. The van der Waals surface area contributed by atoms with E-state index in [0.29, 0.717) is 22.3 Å². The maximum Gasteiger partial charge on any atom is 0.195 e. The number of benzene rings is 4. The van der Waals surface area contributed by atoms with Gasteiger partial charge in [-0.05, 0) is 15.7 Å². The molecule has 0 radical (unpaired) electrons. The fraction of sp³-hybridized carbons (Fsp3) is 0. The Bertz CT molecular complexity index is 1640. The summed E-state index contributed by atoms with van der Waals surface area (Å²) < 4.78 is 0. The van der Waals surface area contributed by atoms with Crippen LogP contribution in [0.2, 0.25) is 0 Å². The second-order valence-corrected chi connectivity index (χ2v) is 7.53. The van der Waals surface area contributed by atoms with Crippen molar-refractivity contribution in [1.29, 1.82) is 0 Å². The Morgan fingerprint density at radius 3 is 1.87 bits per heavy atom. The van der Waals surface area contributed by atoms with Crippen molar-refractivity contribution in [1.82, 2.24) is 0 Å². The molecule has 0 saturated carbocycles. The molecule has 0 saturated heterocycles. The van der Waals surface area contributed by atoms with E-state index in [4.69, 9.17) is 0 Å². The third kappa shape index (κ3) is 2.06. The molecule has 0 unspecified atom stereocenters. The average molecular weight is 386 g/mol. The molecule has 0 bridgehead atoms. The van der Waals surface area contributed by atoms with Gasteiger partial charge in [-0.2, -0.15) is 0 Å². The molecule has 2 aliphatic carbocycles. The van der Waals surface area contributed by atoms with Crippen molar-refractivity contribution in [3.63, 3.8) is 0 Å². The second-order valence-electron chi connectivity index (χ2n) is 7.53. The topological polar surface area (TPSA) is 51.2 Å². The van der Waals surface area contributed by atoms with Gasteiger partial charge in [0.15, 0.2) is 17.3 Å². The summed E-state index contributed by atoms with van der Waals surface area (Å²) in [5, 5.41) is 4.10. The van der Waals surface area contributed by atoms with Gasteiger partial charge in [0.1, 0.15) is 0 Å². The maximum atomic E-state index is 13.6. The summed E-state index contributed by atoms with van der Waals surface area (Å²) in [7, 11) is 0. The van der Waals surface area contributed by atoms with E-state index < -0.39 is 0 Å². The second kappa shape index (κ2) is 5.94. The zero-order valence-electron chi connectivity index (χ0n) is 15.8. The quantitative estimate of drug-likeness (QED) is 0.409. The van der Waals surface area contributed by atoms with Crippen LogP contribution in [0.1, 0.15) is 47.8 Å². The van der Waals surface area contributed by atoms with Gasteiger partial charge in [-0.3, -0.25) is 14.4 Å². The molecule has 0 aromatic heterocycles. The number of ketones is 3. The van der Waals surface area contributed by atoms with Crippen LogP contribution in [0, 0.1) is 20.9 Å². The molecule has 0 fully saturated rings. The molecule has 2 aliphatic rings. The first-order valence-corrected chi connectivity index (χ1v) is 9.76. The van der Waals surface area contributed by atoms with Gasteiger partial charge in [0, 0.05) is 38.6 Å². The molecule has 6 rings (SSSR count). The van der Waals surface area contributed by atoms with Gasteiger partial charge in [-0.1, -0.05) is 84.9 Å². The lowest BCUT2D eigenvalue weighted by atomic mass is 9.80. The molecule has 0 spiro atoms. The third-order valence-corrected chi connectivity index (χ3v) is 5.99. The minimum absolute atomic E-state index is 0.205. The van der Waals surface area contributed by atoms with Crippen molar-refractivity contribution in [3.05, 3.63) is 139 Å². The van der Waals surface area contributed by atoms with Crippen LogP contribution in [-0.2, 0) is 0 Å². The van der Waals surface area contributed by atoms with E-state index >= 15 is 0 Å². The van der Waals surface area contributed by atoms with Crippen LogP contribution in [0.4, 0.5) is 0 Å². The third-order valence-electron chi connectivity index (χ3n) is 5.99. The molecular formula is C27H14O3. The number of hydrogen-bond acceptors (Lipinski definition) is 3. The minimum atomic E-state index is -0.278. The lowest BCUT2D eigenvalue weighted by Crippen LogP contribution is -2.24. The van der Waals surface area contributed by atoms with Gasteiger partial charge in [-0.25, -0.2) is 0 Å². The van der Waals surface area contributed by atoms with Crippen molar-refractivity contribution < 1.29 is 14.4 Å². The molecule has 30 heavy (non-hydrogen) atoms. The molecule has 0 amide bonds. The van der Waals surface area contributed by atoms with E-state index in [2.05, 4.69) is 0 Å². The van der Waals surface area contributed by atoms with Gasteiger partial charge in [0.05, 0.1) is 0 Å². The first-order valence-electron chi connectivity index (χ1n) is 9.76. The predicted molar refractivity (Wildman–Crippen MR) is 111 cm³/mol. The van der Waals surface area contributed by atoms with Crippen molar-refractivity contribution in [2.24, 2.45) is 0 Å². The summed E-state index contributed by atoms with van der Waals surface area (Å²) in [6, 6.07) is 25.3. The molecule has 4 aromatic carbocycles. The summed E-state index contributed by atoms with van der Waals surface area (Å²) >= 11 is 0. The number of carbonyl (C=O) groups excluding carboxylic acids is 3. The Morgan fingerprint density at radius 2 is 1.07 bits per heavy atom. The van der Waals surface area contributed by atoms with Crippen molar-refractivity contribution in [3.8, 4) is 0 Å². The fourth-order valence-electron chi connectivity index (χ4n) is 4.61. The molecule has 140 valence electrons. The highest BCUT2D eigenvalue weighted by Crippen LogP contribution is 2.31. The highest BCUT2D eigenvalue weighted by Gasteiger charge is 2.33. The Balaban J connectivity index is 1.60. The normalized spacial score (nSPS) is 12.9. The fourth-order valence-corrected chi connectivity index (χ4v) is 4.61. The molecule has 4 aromatic rings. The van der Waals surface area contributed by atoms with E-state index in [-0.39, 0.29) is 28.5 Å². The Kier molecular flexibility index (Phi) is 3.33. The van der Waals surface area contributed by atoms with Crippen molar-refractivity contribution in [2.45, 2.75) is 0 Å². The van der Waals surface area contributed by atoms with E-state index in [9.17, 15) is 14.4 Å². The predicted octanol–water partition coefficient (Wildman–Crippen LogP) is 4.58. The minimum Gasteiger partial charge on any atom is -0.289 e. The smallest absolute Gasteiger partial charge is 0.195 e. The summed E-state index contributed by atoms with van der Waals surface area (Å²) in [6.07, 6.45) is 0. The monoisotopic (exact) mass is 386 g/mol. The maximum absolute atomic E-state index is 13.6. The lowest BCUT2D eigenvalue weighted by Gasteiger charge is -2.20. The van der Waals surface area contributed by atoms with Gasteiger partial charge in [0.25, 0.3) is 0 Å². The number of fused-ring (bicyclic) bond motifs is 4. The van der Waals surface area contributed by atoms with Crippen LogP contribution in [0.5, 0.6) is 0 Å². The molecule has 3 heteroatoms. The number of carbonyl (C=O) groups is 3. The summed E-state index contributed by atoms with van der Waals surface area (Å²) in [5.41, 5.74) is 2.06. The van der Waals surface area contributed by atoms with Gasteiger partial charge in [-0.15, -0.1) is 0 Å². The van der Waals surface area contributed by atoms with Crippen molar-refractivity contribution >= 4 is 17.3 Å². The Morgan fingerprint density at radius 1 is 0.500 bits per heavy atom. The van der Waals surface area contributed by atoms with Gasteiger partial charge in [0.2, 0.25) is 0 Å². The highest BCUT2D eigenvalue weighted by molar-refractivity contribution is 6.31. The Labute approximate surface area is 171 Å². The number of rotatable bonds is 2. The molecule has 0 heterocycles. The van der Waals surface area contributed by atoms with Crippen molar-refractivity contribution in [2.75, 3.05) is 0 Å². The van der Waals surface area contributed by atoms with Crippen LogP contribution in [0.15, 0.2) is 84.9 Å². The average Bonchev–Trinajstić information content (AvgIpc) is 2.79. The lowest BCUT2D eigenvalue weighted by molar-refractivity contribution is 0.0971. The molecule has 0 N–H and O–H groups in total. The summed E-state index contributed by atoms with van der Waals surface area (Å²) in [5.74, 6) is -0.737. The highest BCUT2D eigenvalue weighted by atomic mass is 16.1. The molecule has 0 atom stereocenters. The van der Waals surface area contributed by atoms with Crippen LogP contribution in [0.3, 0.4) is 0 Å². The van der Waals surface area contributed by atoms with E-state index in [0.717, 1.165) is 20.9 Å². The largest absolute Gasteiger partial charge is 0.289 e. The van der Waals surface area contributed by atoms with Crippen LogP contribution < -0.4 is 0 Å². The molecule has 0 aliphatic heterocycles. The van der Waals surface area contributed by atoms with E-state index in [1.807, 2.05) is 36.4 Å². The first-order chi connectivity index (χ1) is 14.7. The molecular weight excluding hydrogens is 372 g/mol. The van der Waals surface area contributed by atoms with Crippen LogP contribution >= 0.6 is 0 Å².